The average molecular weight is 430 g/mol. The van der Waals surface area contributed by atoms with Crippen molar-refractivity contribution in [2.75, 3.05) is 13.1 Å². The number of nitrogens with zero attached hydrogens (tertiary/aromatic N) is 2. The Hall–Kier alpha value is -3.05. The molecule has 1 aliphatic rings. The molecule has 0 radical (unpaired) electrons. The van der Waals surface area contributed by atoms with Crippen LogP contribution in [0.25, 0.3) is 0 Å². The molecule has 0 spiro atoms. The number of piperidine rings is 1. The van der Waals surface area contributed by atoms with Crippen LogP contribution in [-0.2, 0) is 7.05 Å². The lowest BCUT2D eigenvalue weighted by Gasteiger charge is -2.25. The molecule has 5 nitrogen and oxygen atoms in total. The summed E-state index contributed by atoms with van der Waals surface area (Å²) in [5, 5.41) is 6.90. The van der Waals surface area contributed by atoms with Crippen LogP contribution < -0.4 is 10.9 Å². The topological polar surface area (TPSA) is 63.5 Å². The minimum atomic E-state index is -0.532. The maximum Gasteiger partial charge on any atom is 0.250 e. The van der Waals surface area contributed by atoms with Gasteiger partial charge in [0, 0.05) is 25.2 Å². The highest BCUT2D eigenvalue weighted by Gasteiger charge is 2.24. The van der Waals surface area contributed by atoms with E-state index in [0.29, 0.717) is 12.3 Å². The number of hydrogen-bond acceptors (Lipinski definition) is 4. The fourth-order valence-corrected chi connectivity index (χ4v) is 4.85. The highest BCUT2D eigenvalue weighted by Crippen LogP contribution is 2.37. The number of rotatable bonds is 7. The standard InChI is InChI=1S/C27H31N3O2/c1-19-5-3-4-6-24(19)25(17-26(29-32)23-11-12-27(31)30(2)18-23)22-9-7-20(8-10-22)21-13-15-28-16-14-21/h3-12,18,21,25-26,28H,13-17H2,1-2H3. The molecule has 1 saturated heterocycles. The molecule has 1 aromatic heterocycles. The minimum absolute atomic E-state index is 0.0400. The highest BCUT2D eigenvalue weighted by atomic mass is 16.3. The Morgan fingerprint density at radius 2 is 1.69 bits per heavy atom. The fraction of sp³-hybridized carbons (Fsp3) is 0.370. The van der Waals surface area contributed by atoms with Gasteiger partial charge in [0.1, 0.15) is 6.04 Å². The Bertz CT molecular complexity index is 1110. The maximum atomic E-state index is 11.9. The minimum Gasteiger partial charge on any atom is -0.318 e. The molecule has 166 valence electrons. The van der Waals surface area contributed by atoms with Crippen LogP contribution >= 0.6 is 0 Å². The van der Waals surface area contributed by atoms with E-state index >= 15 is 0 Å². The number of nitrogens with one attached hydrogen (secondary N) is 1. The van der Waals surface area contributed by atoms with Gasteiger partial charge in [-0.2, -0.15) is 4.91 Å². The Kier molecular flexibility index (Phi) is 6.96. The van der Waals surface area contributed by atoms with E-state index in [1.807, 2.05) is 12.1 Å². The number of hydrogen-bond donors (Lipinski definition) is 1. The van der Waals surface area contributed by atoms with Crippen molar-refractivity contribution in [3.05, 3.63) is 110 Å². The Balaban J connectivity index is 1.67. The van der Waals surface area contributed by atoms with Crippen molar-refractivity contribution in [2.24, 2.45) is 12.2 Å². The summed E-state index contributed by atoms with van der Waals surface area (Å²) in [6, 6.07) is 20.0. The molecule has 0 amide bonds. The summed E-state index contributed by atoms with van der Waals surface area (Å²) in [5.41, 5.74) is 5.66. The molecule has 4 rings (SSSR count). The second kappa shape index (κ2) is 10.0. The molecule has 32 heavy (non-hydrogen) atoms. The largest absolute Gasteiger partial charge is 0.318 e. The van der Waals surface area contributed by atoms with E-state index < -0.39 is 6.04 Å². The van der Waals surface area contributed by atoms with Crippen molar-refractivity contribution in [3.8, 4) is 0 Å². The van der Waals surface area contributed by atoms with Crippen LogP contribution in [0.15, 0.2) is 76.8 Å². The van der Waals surface area contributed by atoms with Crippen molar-refractivity contribution in [3.63, 3.8) is 0 Å². The van der Waals surface area contributed by atoms with Gasteiger partial charge in [-0.05, 0) is 79.1 Å². The van der Waals surface area contributed by atoms with Crippen molar-refractivity contribution in [1.29, 1.82) is 0 Å². The lowest BCUT2D eigenvalue weighted by atomic mass is 9.81. The molecule has 0 aliphatic carbocycles. The molecule has 2 atom stereocenters. The van der Waals surface area contributed by atoms with Gasteiger partial charge < -0.3 is 9.88 Å². The predicted octanol–water partition coefficient (Wildman–Crippen LogP) is 5.19. The molecule has 0 bridgehead atoms. The quantitative estimate of drug-likeness (QED) is 0.526. The van der Waals surface area contributed by atoms with Gasteiger partial charge in [0.25, 0.3) is 0 Å². The number of nitroso groups, excluding NO2 is 1. The Morgan fingerprint density at radius 3 is 2.34 bits per heavy atom. The summed E-state index contributed by atoms with van der Waals surface area (Å²) < 4.78 is 1.50. The van der Waals surface area contributed by atoms with Crippen molar-refractivity contribution in [1.82, 2.24) is 9.88 Å². The van der Waals surface area contributed by atoms with Gasteiger partial charge >= 0.3 is 0 Å². The first kappa shape index (κ1) is 22.2. The third-order valence-corrected chi connectivity index (χ3v) is 6.79. The zero-order valence-electron chi connectivity index (χ0n) is 18.8. The summed E-state index contributed by atoms with van der Waals surface area (Å²) >= 11 is 0. The highest BCUT2D eigenvalue weighted by molar-refractivity contribution is 5.39. The zero-order valence-corrected chi connectivity index (χ0v) is 18.8. The van der Waals surface area contributed by atoms with Crippen LogP contribution in [0.5, 0.6) is 0 Å². The summed E-state index contributed by atoms with van der Waals surface area (Å²) in [7, 11) is 1.70. The first-order valence-electron chi connectivity index (χ1n) is 11.4. The SMILES string of the molecule is Cc1ccccc1C(CC(N=O)c1ccc(=O)n(C)c1)c1ccc(C2CCNCC2)cc1. The summed E-state index contributed by atoms with van der Waals surface area (Å²) in [5.74, 6) is 0.649. The molecule has 2 aromatic carbocycles. The van der Waals surface area contributed by atoms with Gasteiger partial charge in [-0.3, -0.25) is 4.79 Å². The van der Waals surface area contributed by atoms with Crippen LogP contribution in [0.2, 0.25) is 0 Å². The summed E-state index contributed by atoms with van der Waals surface area (Å²) in [6.45, 7) is 4.26. The first-order valence-corrected chi connectivity index (χ1v) is 11.4. The Labute approximate surface area is 189 Å². The number of pyridine rings is 1. The maximum absolute atomic E-state index is 11.9. The van der Waals surface area contributed by atoms with E-state index in [9.17, 15) is 9.70 Å². The van der Waals surface area contributed by atoms with Gasteiger partial charge in [-0.15, -0.1) is 0 Å². The number of aryl methyl sites for hydroxylation is 2. The number of aromatic nitrogens is 1. The van der Waals surface area contributed by atoms with E-state index in [1.165, 1.54) is 45.7 Å². The van der Waals surface area contributed by atoms with Crippen LogP contribution in [0.3, 0.4) is 0 Å². The van der Waals surface area contributed by atoms with E-state index in [4.69, 9.17) is 0 Å². The van der Waals surface area contributed by atoms with Crippen molar-refractivity contribution < 1.29 is 0 Å². The molecule has 1 N–H and O–H groups in total. The van der Waals surface area contributed by atoms with Crippen LogP contribution in [0.4, 0.5) is 0 Å². The molecule has 3 aromatic rings. The van der Waals surface area contributed by atoms with Gasteiger partial charge in [-0.25, -0.2) is 0 Å². The average Bonchev–Trinajstić information content (AvgIpc) is 2.83. The molecule has 2 unspecified atom stereocenters. The third-order valence-electron chi connectivity index (χ3n) is 6.79. The zero-order chi connectivity index (χ0) is 22.5. The summed E-state index contributed by atoms with van der Waals surface area (Å²) in [4.78, 5) is 23.7. The van der Waals surface area contributed by atoms with E-state index in [1.54, 1.807) is 19.3 Å². The third kappa shape index (κ3) is 4.89. The van der Waals surface area contributed by atoms with Crippen molar-refractivity contribution in [2.45, 2.75) is 44.1 Å². The van der Waals surface area contributed by atoms with Crippen LogP contribution in [0, 0.1) is 11.8 Å². The van der Waals surface area contributed by atoms with E-state index in [0.717, 1.165) is 18.7 Å². The van der Waals surface area contributed by atoms with Gasteiger partial charge in [-0.1, -0.05) is 53.7 Å². The molecular formula is C27H31N3O2. The monoisotopic (exact) mass is 429 g/mol. The van der Waals surface area contributed by atoms with E-state index in [-0.39, 0.29) is 11.5 Å². The lowest BCUT2D eigenvalue weighted by Crippen LogP contribution is -2.26. The molecule has 1 aliphatic heterocycles. The normalized spacial score (nSPS) is 16.4. The molecule has 0 saturated carbocycles. The van der Waals surface area contributed by atoms with Gasteiger partial charge in [0.05, 0.1) is 0 Å². The predicted molar refractivity (Wildman–Crippen MR) is 129 cm³/mol. The smallest absolute Gasteiger partial charge is 0.250 e. The first-order chi connectivity index (χ1) is 15.6. The van der Waals surface area contributed by atoms with Crippen LogP contribution in [0.1, 0.15) is 65.0 Å². The second-order valence-corrected chi connectivity index (χ2v) is 8.87. The molecule has 1 fully saturated rings. The van der Waals surface area contributed by atoms with Crippen molar-refractivity contribution >= 4 is 0 Å². The molecular weight excluding hydrogens is 398 g/mol. The van der Waals surface area contributed by atoms with E-state index in [2.05, 4.69) is 53.8 Å². The second-order valence-electron chi connectivity index (χ2n) is 8.87. The van der Waals surface area contributed by atoms with Gasteiger partial charge in [0.15, 0.2) is 0 Å². The fourth-order valence-electron chi connectivity index (χ4n) is 4.85. The Morgan fingerprint density at radius 1 is 1.00 bits per heavy atom. The number of benzene rings is 2. The lowest BCUT2D eigenvalue weighted by molar-refractivity contribution is 0.460. The molecule has 2 heterocycles. The summed E-state index contributed by atoms with van der Waals surface area (Å²) in [6.07, 6.45) is 4.62. The van der Waals surface area contributed by atoms with Crippen LogP contribution in [-0.4, -0.2) is 17.7 Å². The van der Waals surface area contributed by atoms with Gasteiger partial charge in [0.2, 0.25) is 5.56 Å². The molecule has 5 heteroatoms.